The zero-order valence-corrected chi connectivity index (χ0v) is 20.9. The van der Waals surface area contributed by atoms with E-state index >= 15 is 0 Å². The van der Waals surface area contributed by atoms with Gasteiger partial charge in [0.25, 0.3) is 0 Å². The van der Waals surface area contributed by atoms with E-state index in [2.05, 4.69) is 53.7 Å². The summed E-state index contributed by atoms with van der Waals surface area (Å²) in [6.45, 7) is 13.2. The third-order valence-electron chi connectivity index (χ3n) is 4.63. The summed E-state index contributed by atoms with van der Waals surface area (Å²) in [7, 11) is 0. The maximum atomic E-state index is 3.43. The van der Waals surface area contributed by atoms with Crippen LogP contribution in [0, 0.1) is 12.2 Å². The Labute approximate surface area is 188 Å². The molecule has 0 aromatic heterocycles. The second-order valence-corrected chi connectivity index (χ2v) is 6.83. The molecular formula is C22H34Cl2Zr. The smallest absolute Gasteiger partial charge is 1.00 e. The number of unbranched alkanes of at least 4 members (excludes halogenated alkanes) is 2. The summed E-state index contributed by atoms with van der Waals surface area (Å²) in [6, 6.07) is 0. The fraction of sp³-hybridized carbons (Fsp3) is 0.636. The third kappa shape index (κ3) is 11.7. The minimum atomic E-state index is 0. The molecule has 3 heteroatoms. The van der Waals surface area contributed by atoms with Gasteiger partial charge in [-0.3, -0.25) is 0 Å². The molecule has 0 spiro atoms. The van der Waals surface area contributed by atoms with Crippen molar-refractivity contribution >= 4 is 0 Å². The summed E-state index contributed by atoms with van der Waals surface area (Å²) in [5.74, 6) is 0. The molecule has 0 fully saturated rings. The van der Waals surface area contributed by atoms with E-state index in [4.69, 9.17) is 0 Å². The van der Waals surface area contributed by atoms with Crippen LogP contribution in [0.4, 0.5) is 0 Å². The van der Waals surface area contributed by atoms with Gasteiger partial charge in [-0.1, -0.05) is 79.1 Å². The van der Waals surface area contributed by atoms with Crippen LogP contribution in [-0.2, 0) is 26.2 Å². The van der Waals surface area contributed by atoms with Crippen molar-refractivity contribution in [2.24, 2.45) is 0 Å². The van der Waals surface area contributed by atoms with E-state index in [0.29, 0.717) is 0 Å². The minimum absolute atomic E-state index is 0. The Balaban J connectivity index is -0.000000346. The van der Waals surface area contributed by atoms with Crippen LogP contribution < -0.4 is 24.8 Å². The summed E-state index contributed by atoms with van der Waals surface area (Å²) in [5.41, 5.74) is 8.79. The first kappa shape index (κ1) is 30.2. The van der Waals surface area contributed by atoms with Crippen molar-refractivity contribution in [1.29, 1.82) is 0 Å². The normalized spacial score (nSPS) is 15.4. The summed E-state index contributed by atoms with van der Waals surface area (Å²) in [4.78, 5) is 0. The van der Waals surface area contributed by atoms with Gasteiger partial charge in [0.05, 0.1) is 0 Å². The molecule has 0 aromatic rings. The third-order valence-corrected chi connectivity index (χ3v) is 4.63. The molecule has 0 heterocycles. The molecule has 0 unspecified atom stereocenters. The van der Waals surface area contributed by atoms with Gasteiger partial charge < -0.3 is 24.8 Å². The standard InChI is InChI=1S/2C11H17.2ClH.Zr/c2*1-4-5-6-11-7-9(2)10(3)8-11;;;/h2*4-7H2,1-3H3;2*1H;/q2*-1;;;+4/p-2. The fourth-order valence-electron chi connectivity index (χ4n) is 2.82. The zero-order chi connectivity index (χ0) is 16.5. The van der Waals surface area contributed by atoms with Crippen molar-refractivity contribution < 1.29 is 51.0 Å². The fourth-order valence-corrected chi connectivity index (χ4v) is 2.82. The van der Waals surface area contributed by atoms with E-state index in [1.54, 1.807) is 0 Å². The number of halogens is 2. The van der Waals surface area contributed by atoms with Gasteiger partial charge in [0.15, 0.2) is 0 Å². The van der Waals surface area contributed by atoms with Crippen molar-refractivity contribution in [3.63, 3.8) is 0 Å². The minimum Gasteiger partial charge on any atom is -1.00 e. The molecule has 2 aliphatic rings. The van der Waals surface area contributed by atoms with Gasteiger partial charge in [-0.25, -0.2) is 34.4 Å². The molecule has 25 heavy (non-hydrogen) atoms. The second kappa shape index (κ2) is 16.6. The van der Waals surface area contributed by atoms with E-state index in [1.807, 2.05) is 0 Å². The van der Waals surface area contributed by atoms with E-state index in [9.17, 15) is 0 Å². The molecule has 140 valence electrons. The number of hydrogen-bond acceptors (Lipinski definition) is 0. The van der Waals surface area contributed by atoms with Gasteiger partial charge in [-0.2, -0.15) is 11.1 Å². The quantitative estimate of drug-likeness (QED) is 0.525. The molecule has 0 atom stereocenters. The second-order valence-electron chi connectivity index (χ2n) is 6.83. The van der Waals surface area contributed by atoms with Crippen molar-refractivity contribution in [1.82, 2.24) is 0 Å². The first-order valence-corrected chi connectivity index (χ1v) is 9.04. The summed E-state index contributed by atoms with van der Waals surface area (Å²) in [5, 5.41) is 0. The summed E-state index contributed by atoms with van der Waals surface area (Å²) >= 11 is 0. The number of hydrogen-bond donors (Lipinski definition) is 0. The summed E-state index contributed by atoms with van der Waals surface area (Å²) < 4.78 is 0. The Kier molecular flexibility index (Phi) is 20.0. The number of rotatable bonds is 6. The maximum Gasteiger partial charge on any atom is 4.00 e. The summed E-state index contributed by atoms with van der Waals surface area (Å²) in [6.07, 6.45) is 17.0. The van der Waals surface area contributed by atoms with E-state index < -0.39 is 0 Å². The molecule has 0 aromatic carbocycles. The Hall–Kier alpha value is 0.423. The van der Waals surface area contributed by atoms with Gasteiger partial charge in [0.1, 0.15) is 0 Å². The van der Waals surface area contributed by atoms with Crippen LogP contribution in [0.1, 0.15) is 92.9 Å². The largest absolute Gasteiger partial charge is 4.00 e. The van der Waals surface area contributed by atoms with Gasteiger partial charge >= 0.3 is 26.2 Å². The van der Waals surface area contributed by atoms with Gasteiger partial charge in [-0.15, -0.1) is 13.8 Å². The monoisotopic (exact) mass is 458 g/mol. The average molecular weight is 461 g/mol. The maximum absolute atomic E-state index is 3.43. The van der Waals surface area contributed by atoms with Crippen LogP contribution >= 0.6 is 0 Å². The zero-order valence-electron chi connectivity index (χ0n) is 16.9. The van der Waals surface area contributed by atoms with E-state index in [-0.39, 0.29) is 51.0 Å². The molecule has 2 aliphatic carbocycles. The van der Waals surface area contributed by atoms with Crippen LogP contribution in [0.5, 0.6) is 0 Å². The van der Waals surface area contributed by atoms with Gasteiger partial charge in [0.2, 0.25) is 0 Å². The van der Waals surface area contributed by atoms with Gasteiger partial charge in [-0.05, 0) is 0 Å². The van der Waals surface area contributed by atoms with Crippen LogP contribution in [0.3, 0.4) is 0 Å². The van der Waals surface area contributed by atoms with Crippen LogP contribution in [0.15, 0.2) is 33.4 Å². The van der Waals surface area contributed by atoms with E-state index in [1.165, 1.54) is 84.8 Å². The molecular weight excluding hydrogens is 426 g/mol. The SMILES string of the molecule is CCCCC1=[C-]C(C)=C(C)C1.CCCCC1=[C-]C(C)=C(C)C1.[Cl-].[Cl-].[Zr+4]. The Morgan fingerprint density at radius 1 is 0.680 bits per heavy atom. The Morgan fingerprint density at radius 2 is 1.00 bits per heavy atom. The van der Waals surface area contributed by atoms with Crippen molar-refractivity contribution in [2.45, 2.75) is 92.9 Å². The van der Waals surface area contributed by atoms with E-state index in [0.717, 1.165) is 0 Å². The van der Waals surface area contributed by atoms with Crippen LogP contribution in [0.25, 0.3) is 0 Å². The molecule has 0 saturated heterocycles. The first-order valence-electron chi connectivity index (χ1n) is 9.04. The molecule has 2 rings (SSSR count). The Bertz CT molecular complexity index is 450. The van der Waals surface area contributed by atoms with Crippen molar-refractivity contribution in [3.8, 4) is 0 Å². The van der Waals surface area contributed by atoms with Gasteiger partial charge in [0, 0.05) is 0 Å². The van der Waals surface area contributed by atoms with Crippen molar-refractivity contribution in [2.75, 3.05) is 0 Å². The molecule has 0 radical (unpaired) electrons. The van der Waals surface area contributed by atoms with Crippen molar-refractivity contribution in [3.05, 3.63) is 45.6 Å². The molecule has 0 saturated carbocycles. The number of allylic oxidation sites excluding steroid dienone is 8. The van der Waals surface area contributed by atoms with Crippen LogP contribution in [0.2, 0.25) is 0 Å². The average Bonchev–Trinajstić information content (AvgIpc) is 2.98. The predicted octanol–water partition coefficient (Wildman–Crippen LogP) is 1.30. The molecule has 0 aliphatic heterocycles. The predicted molar refractivity (Wildman–Crippen MR) is 98.5 cm³/mol. The molecule has 0 bridgehead atoms. The van der Waals surface area contributed by atoms with Crippen LogP contribution in [-0.4, -0.2) is 0 Å². The molecule has 0 nitrogen and oxygen atoms in total. The topological polar surface area (TPSA) is 0 Å². The molecule has 0 N–H and O–H groups in total. The first-order chi connectivity index (χ1) is 10.5. The molecule has 0 amide bonds. The Morgan fingerprint density at radius 3 is 1.20 bits per heavy atom.